The first kappa shape index (κ1) is 16.6. The minimum Gasteiger partial charge on any atom is -0.422 e. The summed E-state index contributed by atoms with van der Waals surface area (Å²) in [5.74, 6) is -0.804. The van der Waals surface area contributed by atoms with Crippen LogP contribution in [-0.2, 0) is 6.18 Å². The number of halogens is 3. The van der Waals surface area contributed by atoms with Gasteiger partial charge in [0.2, 0.25) is 0 Å². The third-order valence-electron chi connectivity index (χ3n) is 3.98. The number of alkyl halides is 3. The molecule has 0 saturated heterocycles. The van der Waals surface area contributed by atoms with Crippen molar-refractivity contribution in [3.63, 3.8) is 0 Å². The normalized spacial score (nSPS) is 11.8. The summed E-state index contributed by atoms with van der Waals surface area (Å²) in [7, 11) is 0. The highest BCUT2D eigenvalue weighted by atomic mass is 32.1. The second-order valence-corrected chi connectivity index (χ2v) is 6.78. The van der Waals surface area contributed by atoms with Crippen molar-refractivity contribution in [1.29, 1.82) is 0 Å². The molecule has 4 aromatic rings. The Kier molecular flexibility index (Phi) is 3.92. The van der Waals surface area contributed by atoms with E-state index in [9.17, 15) is 18.0 Å². The highest BCUT2D eigenvalue weighted by Crippen LogP contribution is 2.34. The molecule has 0 aliphatic rings. The van der Waals surface area contributed by atoms with Gasteiger partial charge in [0.05, 0.1) is 5.56 Å². The van der Waals surface area contributed by atoms with Gasteiger partial charge in [-0.2, -0.15) is 13.2 Å². The first-order valence-corrected chi connectivity index (χ1v) is 8.54. The van der Waals surface area contributed by atoms with Crippen LogP contribution in [0.25, 0.3) is 20.9 Å². The van der Waals surface area contributed by atoms with Crippen molar-refractivity contribution in [3.05, 3.63) is 77.2 Å². The Balaban J connectivity index is 1.68. The van der Waals surface area contributed by atoms with Gasteiger partial charge in [0.25, 0.3) is 0 Å². The predicted molar refractivity (Wildman–Crippen MR) is 95.7 cm³/mol. The summed E-state index contributed by atoms with van der Waals surface area (Å²) in [6.45, 7) is 0. The van der Waals surface area contributed by atoms with E-state index < -0.39 is 17.7 Å². The van der Waals surface area contributed by atoms with Crippen LogP contribution in [0.2, 0.25) is 0 Å². The van der Waals surface area contributed by atoms with Crippen molar-refractivity contribution >= 4 is 38.2 Å². The highest BCUT2D eigenvalue weighted by Gasteiger charge is 2.30. The van der Waals surface area contributed by atoms with Gasteiger partial charge in [0, 0.05) is 4.70 Å². The molecular weight excluding hydrogens is 361 g/mol. The number of ether oxygens (including phenoxy) is 1. The molecule has 1 aromatic heterocycles. The van der Waals surface area contributed by atoms with Crippen LogP contribution < -0.4 is 4.74 Å². The van der Waals surface area contributed by atoms with Gasteiger partial charge in [-0.05, 0) is 40.4 Å². The molecule has 0 saturated carbocycles. The molecule has 0 amide bonds. The molecule has 0 spiro atoms. The molecule has 0 N–H and O–H groups in total. The van der Waals surface area contributed by atoms with Crippen LogP contribution in [0.4, 0.5) is 13.2 Å². The Morgan fingerprint density at radius 3 is 2.46 bits per heavy atom. The fourth-order valence-electron chi connectivity index (χ4n) is 2.76. The van der Waals surface area contributed by atoms with E-state index in [0.717, 1.165) is 33.0 Å². The molecule has 2 nitrogen and oxygen atoms in total. The van der Waals surface area contributed by atoms with Gasteiger partial charge in [-0.3, -0.25) is 0 Å². The number of esters is 1. The standard InChI is InChI=1S/C20H11F3O2S/c21-20(22,23)14-5-3-6-15(11-14)25-19(24)17-10-13-9-8-12-4-1-2-7-16(12)18(13)26-17/h1-11H. The molecule has 0 aliphatic carbocycles. The van der Waals surface area contributed by atoms with Gasteiger partial charge in [-0.25, -0.2) is 4.79 Å². The number of thiophene rings is 1. The first-order valence-electron chi connectivity index (χ1n) is 7.72. The van der Waals surface area contributed by atoms with Crippen molar-refractivity contribution in [2.75, 3.05) is 0 Å². The second-order valence-electron chi connectivity index (χ2n) is 5.73. The smallest absolute Gasteiger partial charge is 0.416 e. The van der Waals surface area contributed by atoms with Crippen LogP contribution in [0.3, 0.4) is 0 Å². The van der Waals surface area contributed by atoms with Crippen LogP contribution in [0.1, 0.15) is 15.2 Å². The Hall–Kier alpha value is -2.86. The summed E-state index contributed by atoms with van der Waals surface area (Å²) in [5, 5.41) is 2.97. The van der Waals surface area contributed by atoms with Crippen LogP contribution in [0.5, 0.6) is 5.75 Å². The summed E-state index contributed by atoms with van der Waals surface area (Å²) in [4.78, 5) is 12.7. The van der Waals surface area contributed by atoms with Crippen LogP contribution in [0, 0.1) is 0 Å². The van der Waals surface area contributed by atoms with Gasteiger partial charge in [0.15, 0.2) is 0 Å². The van der Waals surface area contributed by atoms with Crippen molar-refractivity contribution < 1.29 is 22.7 Å². The molecule has 0 bridgehead atoms. The topological polar surface area (TPSA) is 26.3 Å². The molecule has 4 rings (SSSR count). The van der Waals surface area contributed by atoms with Crippen molar-refractivity contribution in [2.24, 2.45) is 0 Å². The summed E-state index contributed by atoms with van der Waals surface area (Å²) < 4.78 is 44.4. The lowest BCUT2D eigenvalue weighted by molar-refractivity contribution is -0.137. The number of carbonyl (C=O) groups is 1. The maximum Gasteiger partial charge on any atom is 0.416 e. The van der Waals surface area contributed by atoms with E-state index >= 15 is 0 Å². The zero-order chi connectivity index (χ0) is 18.3. The lowest BCUT2D eigenvalue weighted by Crippen LogP contribution is -2.09. The number of hydrogen-bond donors (Lipinski definition) is 0. The van der Waals surface area contributed by atoms with E-state index in [0.29, 0.717) is 4.88 Å². The summed E-state index contributed by atoms with van der Waals surface area (Å²) >= 11 is 1.27. The molecule has 130 valence electrons. The minimum absolute atomic E-state index is 0.132. The van der Waals surface area contributed by atoms with Crippen molar-refractivity contribution in [3.8, 4) is 5.75 Å². The number of rotatable bonds is 2. The molecule has 0 unspecified atom stereocenters. The van der Waals surface area contributed by atoms with E-state index in [2.05, 4.69) is 0 Å². The molecule has 0 radical (unpaired) electrons. The van der Waals surface area contributed by atoms with E-state index in [1.54, 1.807) is 6.07 Å². The molecule has 6 heteroatoms. The Bertz CT molecular complexity index is 1130. The fraction of sp³-hybridized carbons (Fsp3) is 0.0500. The number of fused-ring (bicyclic) bond motifs is 3. The van der Waals surface area contributed by atoms with E-state index in [-0.39, 0.29) is 5.75 Å². The number of carbonyl (C=O) groups excluding carboxylic acids is 1. The monoisotopic (exact) mass is 372 g/mol. The SMILES string of the molecule is O=C(Oc1cccc(C(F)(F)F)c1)c1cc2ccc3ccccc3c2s1. The molecular formula is C20H11F3O2S. The highest BCUT2D eigenvalue weighted by molar-refractivity contribution is 7.21. The van der Waals surface area contributed by atoms with Gasteiger partial charge in [-0.15, -0.1) is 11.3 Å². The van der Waals surface area contributed by atoms with Gasteiger partial charge < -0.3 is 4.74 Å². The number of hydrogen-bond acceptors (Lipinski definition) is 3. The third-order valence-corrected chi connectivity index (χ3v) is 5.15. The first-order chi connectivity index (χ1) is 12.4. The molecule has 3 aromatic carbocycles. The Morgan fingerprint density at radius 2 is 1.65 bits per heavy atom. The molecule has 0 aliphatic heterocycles. The van der Waals surface area contributed by atoms with Crippen molar-refractivity contribution in [2.45, 2.75) is 6.18 Å². The van der Waals surface area contributed by atoms with E-state index in [1.165, 1.54) is 23.5 Å². The van der Waals surface area contributed by atoms with Crippen LogP contribution in [-0.4, -0.2) is 5.97 Å². The molecule has 0 fully saturated rings. The predicted octanol–water partition coefficient (Wildman–Crippen LogP) is 6.29. The zero-order valence-corrected chi connectivity index (χ0v) is 14.0. The van der Waals surface area contributed by atoms with Gasteiger partial charge >= 0.3 is 12.1 Å². The van der Waals surface area contributed by atoms with Crippen LogP contribution in [0.15, 0.2) is 66.7 Å². The average molecular weight is 372 g/mol. The Labute approximate surface area is 150 Å². The largest absolute Gasteiger partial charge is 0.422 e. The lowest BCUT2D eigenvalue weighted by Gasteiger charge is -2.08. The number of benzene rings is 3. The molecule has 0 atom stereocenters. The second kappa shape index (κ2) is 6.14. The lowest BCUT2D eigenvalue weighted by atomic mass is 10.1. The maximum absolute atomic E-state index is 12.8. The summed E-state index contributed by atoms with van der Waals surface area (Å²) in [6, 6.07) is 17.7. The van der Waals surface area contributed by atoms with Crippen molar-refractivity contribution in [1.82, 2.24) is 0 Å². The summed E-state index contributed by atoms with van der Waals surface area (Å²) in [6.07, 6.45) is -4.49. The minimum atomic E-state index is -4.49. The summed E-state index contributed by atoms with van der Waals surface area (Å²) in [5.41, 5.74) is -0.856. The maximum atomic E-state index is 12.8. The quantitative estimate of drug-likeness (QED) is 0.305. The Morgan fingerprint density at radius 1 is 0.885 bits per heavy atom. The van der Waals surface area contributed by atoms with E-state index in [1.807, 2.05) is 36.4 Å². The molecule has 1 heterocycles. The third kappa shape index (κ3) is 3.04. The fourth-order valence-corrected chi connectivity index (χ4v) is 3.83. The van der Waals surface area contributed by atoms with Crippen LogP contribution >= 0.6 is 11.3 Å². The van der Waals surface area contributed by atoms with Gasteiger partial charge in [-0.1, -0.05) is 42.5 Å². The van der Waals surface area contributed by atoms with Gasteiger partial charge in [0.1, 0.15) is 10.6 Å². The average Bonchev–Trinajstić information content (AvgIpc) is 3.06. The zero-order valence-electron chi connectivity index (χ0n) is 13.2. The molecule has 26 heavy (non-hydrogen) atoms. The van der Waals surface area contributed by atoms with E-state index in [4.69, 9.17) is 4.74 Å².